The maximum Gasteiger partial charge on any atom is 0.297 e. The second-order valence-corrected chi connectivity index (χ2v) is 6.51. The number of aliphatic hydroxyl groups excluding tert-OH is 2. The van der Waals surface area contributed by atoms with Gasteiger partial charge in [-0.05, 0) is 26.0 Å². The molecule has 0 unspecified atom stereocenters. The van der Waals surface area contributed by atoms with E-state index in [-0.39, 0.29) is 11.3 Å². The van der Waals surface area contributed by atoms with Gasteiger partial charge in [0.25, 0.3) is 10.1 Å². The van der Waals surface area contributed by atoms with E-state index in [2.05, 4.69) is 0 Å². The van der Waals surface area contributed by atoms with Crippen molar-refractivity contribution in [2.75, 3.05) is 0 Å². The Balaban J connectivity index is 2.14. The van der Waals surface area contributed by atoms with Crippen molar-refractivity contribution in [3.63, 3.8) is 0 Å². The molecule has 112 valence electrons. The fourth-order valence-corrected chi connectivity index (χ4v) is 3.03. The summed E-state index contributed by atoms with van der Waals surface area (Å²) in [5, 5.41) is 19.3. The Kier molecular flexibility index (Phi) is 4.46. The lowest BCUT2D eigenvalue weighted by Gasteiger charge is -2.34. The standard InChI is InChI=1S/C13H18O6S/c1-8-3-5-10(6-4-8)20(16,17)19-12-7-11(14)9(2)18-13(12)15/h3-6,9,11-15H,7H2,1-2H3/t9-,11+,12-,13+/m1/s1. The van der Waals surface area contributed by atoms with Gasteiger partial charge in [0.1, 0.15) is 6.10 Å². The lowest BCUT2D eigenvalue weighted by atomic mass is 10.0. The van der Waals surface area contributed by atoms with Gasteiger partial charge in [-0.25, -0.2) is 0 Å². The summed E-state index contributed by atoms with van der Waals surface area (Å²) in [4.78, 5) is 0.00316. The van der Waals surface area contributed by atoms with Gasteiger partial charge >= 0.3 is 0 Å². The van der Waals surface area contributed by atoms with Crippen LogP contribution < -0.4 is 0 Å². The zero-order valence-electron chi connectivity index (χ0n) is 11.3. The minimum Gasteiger partial charge on any atom is -0.390 e. The van der Waals surface area contributed by atoms with Gasteiger partial charge in [0.05, 0.1) is 17.1 Å². The molecule has 1 aromatic rings. The van der Waals surface area contributed by atoms with E-state index in [1.165, 1.54) is 12.1 Å². The van der Waals surface area contributed by atoms with Crippen molar-refractivity contribution < 1.29 is 27.6 Å². The van der Waals surface area contributed by atoms with E-state index in [9.17, 15) is 18.6 Å². The van der Waals surface area contributed by atoms with Gasteiger partial charge in [0.2, 0.25) is 0 Å². The quantitative estimate of drug-likeness (QED) is 0.792. The highest BCUT2D eigenvalue weighted by Gasteiger charge is 2.37. The fraction of sp³-hybridized carbons (Fsp3) is 0.538. The molecule has 20 heavy (non-hydrogen) atoms. The molecule has 2 N–H and O–H groups in total. The molecule has 1 aliphatic heterocycles. The number of ether oxygens (including phenoxy) is 1. The van der Waals surface area contributed by atoms with Crippen LogP contribution >= 0.6 is 0 Å². The van der Waals surface area contributed by atoms with Crippen LogP contribution in [0.2, 0.25) is 0 Å². The zero-order valence-corrected chi connectivity index (χ0v) is 12.1. The van der Waals surface area contributed by atoms with Gasteiger partial charge in [-0.1, -0.05) is 17.7 Å². The number of rotatable bonds is 3. The molecule has 1 heterocycles. The minimum atomic E-state index is -4.00. The molecule has 0 radical (unpaired) electrons. The van der Waals surface area contributed by atoms with E-state index in [1.54, 1.807) is 19.1 Å². The van der Waals surface area contributed by atoms with E-state index in [0.29, 0.717) is 0 Å². The minimum absolute atomic E-state index is 0.00316. The van der Waals surface area contributed by atoms with Gasteiger partial charge < -0.3 is 14.9 Å². The van der Waals surface area contributed by atoms with Crippen LogP contribution in [0.5, 0.6) is 0 Å². The highest BCUT2D eigenvalue weighted by Crippen LogP contribution is 2.25. The summed E-state index contributed by atoms with van der Waals surface area (Å²) in [6.45, 7) is 3.44. The maximum absolute atomic E-state index is 12.1. The Hall–Kier alpha value is -0.990. The third-order valence-corrected chi connectivity index (χ3v) is 4.60. The van der Waals surface area contributed by atoms with Gasteiger partial charge in [-0.15, -0.1) is 0 Å². The summed E-state index contributed by atoms with van der Waals surface area (Å²) >= 11 is 0. The van der Waals surface area contributed by atoms with Gasteiger partial charge in [-0.2, -0.15) is 8.42 Å². The summed E-state index contributed by atoms with van der Waals surface area (Å²) in [7, 11) is -4.00. The molecule has 4 atom stereocenters. The smallest absolute Gasteiger partial charge is 0.297 e. The van der Waals surface area contributed by atoms with E-state index in [4.69, 9.17) is 8.92 Å². The Morgan fingerprint density at radius 2 is 1.85 bits per heavy atom. The zero-order chi connectivity index (χ0) is 14.9. The summed E-state index contributed by atoms with van der Waals surface area (Å²) in [5.74, 6) is 0. The summed E-state index contributed by atoms with van der Waals surface area (Å²) in [5.41, 5.74) is 0.925. The number of benzene rings is 1. The van der Waals surface area contributed by atoms with Crippen LogP contribution in [-0.4, -0.2) is 43.2 Å². The maximum atomic E-state index is 12.1. The molecule has 0 amide bonds. The Labute approximate surface area is 118 Å². The lowest BCUT2D eigenvalue weighted by molar-refractivity contribution is -0.233. The third kappa shape index (κ3) is 3.36. The Morgan fingerprint density at radius 1 is 1.25 bits per heavy atom. The summed E-state index contributed by atoms with van der Waals surface area (Å²) in [6, 6.07) is 6.17. The van der Waals surface area contributed by atoms with Crippen molar-refractivity contribution in [3.05, 3.63) is 29.8 Å². The van der Waals surface area contributed by atoms with Crippen LogP contribution in [-0.2, 0) is 19.0 Å². The van der Waals surface area contributed by atoms with Gasteiger partial charge in [0, 0.05) is 6.42 Å². The Bertz CT molecular complexity index is 553. The molecule has 0 saturated carbocycles. The van der Waals surface area contributed by atoms with Crippen molar-refractivity contribution in [2.24, 2.45) is 0 Å². The van der Waals surface area contributed by atoms with Crippen molar-refractivity contribution in [2.45, 2.75) is 49.8 Å². The van der Waals surface area contributed by atoms with Crippen LogP contribution in [0, 0.1) is 6.92 Å². The monoisotopic (exact) mass is 302 g/mol. The molecule has 2 rings (SSSR count). The lowest BCUT2D eigenvalue weighted by Crippen LogP contribution is -2.47. The molecule has 6 nitrogen and oxygen atoms in total. The Morgan fingerprint density at radius 3 is 2.45 bits per heavy atom. The predicted octanol–water partition coefficient (Wildman–Crippen LogP) is 0.557. The molecule has 0 spiro atoms. The van der Waals surface area contributed by atoms with Crippen molar-refractivity contribution in [3.8, 4) is 0 Å². The van der Waals surface area contributed by atoms with Crippen molar-refractivity contribution in [1.29, 1.82) is 0 Å². The van der Waals surface area contributed by atoms with Crippen LogP contribution in [0.1, 0.15) is 18.9 Å². The second kappa shape index (κ2) is 5.79. The van der Waals surface area contributed by atoms with E-state index < -0.39 is 34.7 Å². The van der Waals surface area contributed by atoms with E-state index in [1.807, 2.05) is 6.92 Å². The summed E-state index contributed by atoms with van der Waals surface area (Å²) in [6.07, 6.45) is -3.95. The van der Waals surface area contributed by atoms with Crippen LogP contribution in [0.25, 0.3) is 0 Å². The predicted molar refractivity (Wildman–Crippen MR) is 70.4 cm³/mol. The van der Waals surface area contributed by atoms with Crippen LogP contribution in [0.3, 0.4) is 0 Å². The van der Waals surface area contributed by atoms with E-state index in [0.717, 1.165) is 5.56 Å². The average molecular weight is 302 g/mol. The molecular weight excluding hydrogens is 284 g/mol. The normalized spacial score (nSPS) is 31.2. The molecule has 7 heteroatoms. The van der Waals surface area contributed by atoms with Crippen molar-refractivity contribution >= 4 is 10.1 Å². The molecule has 0 aromatic heterocycles. The molecule has 1 aromatic carbocycles. The number of hydrogen-bond acceptors (Lipinski definition) is 6. The van der Waals surface area contributed by atoms with Gasteiger partial charge in [-0.3, -0.25) is 4.18 Å². The number of hydrogen-bond donors (Lipinski definition) is 2. The highest BCUT2D eigenvalue weighted by molar-refractivity contribution is 7.86. The average Bonchev–Trinajstić information content (AvgIpc) is 2.36. The molecule has 1 fully saturated rings. The first-order valence-corrected chi connectivity index (χ1v) is 7.72. The van der Waals surface area contributed by atoms with E-state index >= 15 is 0 Å². The molecular formula is C13H18O6S. The van der Waals surface area contributed by atoms with Crippen LogP contribution in [0.15, 0.2) is 29.2 Å². The molecule has 0 aliphatic carbocycles. The first kappa shape index (κ1) is 15.4. The molecule has 1 aliphatic rings. The first-order valence-electron chi connectivity index (χ1n) is 6.31. The molecule has 1 saturated heterocycles. The number of aryl methyl sites for hydroxylation is 1. The van der Waals surface area contributed by atoms with Crippen LogP contribution in [0.4, 0.5) is 0 Å². The second-order valence-electron chi connectivity index (χ2n) is 4.94. The van der Waals surface area contributed by atoms with Gasteiger partial charge in [0.15, 0.2) is 6.29 Å². The topological polar surface area (TPSA) is 93.1 Å². The first-order chi connectivity index (χ1) is 9.29. The summed E-state index contributed by atoms with van der Waals surface area (Å²) < 4.78 is 34.2. The fourth-order valence-electron chi connectivity index (χ4n) is 1.95. The van der Waals surface area contributed by atoms with Crippen molar-refractivity contribution in [1.82, 2.24) is 0 Å². The molecule has 0 bridgehead atoms. The number of aliphatic hydroxyl groups is 2. The SMILES string of the molecule is Cc1ccc(S(=O)(=O)O[C@@H]2C[C@H](O)[C@@H](C)O[C@@H]2O)cc1. The third-order valence-electron chi connectivity index (χ3n) is 3.25. The largest absolute Gasteiger partial charge is 0.390 e. The highest BCUT2D eigenvalue weighted by atomic mass is 32.2.